The van der Waals surface area contributed by atoms with Crippen LogP contribution in [0.2, 0.25) is 5.02 Å². The Hall–Kier alpha value is -1.92. The maximum absolute atomic E-state index is 12.8. The number of nitrogens with one attached hydrogen (secondary N) is 1. The summed E-state index contributed by atoms with van der Waals surface area (Å²) in [6, 6.07) is 7.68. The van der Waals surface area contributed by atoms with Crippen molar-refractivity contribution in [2.24, 2.45) is 5.92 Å². The third kappa shape index (κ3) is 4.17. The van der Waals surface area contributed by atoms with Crippen LogP contribution in [-0.2, 0) is 16.8 Å². The van der Waals surface area contributed by atoms with Crippen molar-refractivity contribution in [1.29, 1.82) is 0 Å². The lowest BCUT2D eigenvalue weighted by Gasteiger charge is -2.32. The Morgan fingerprint density at radius 3 is 2.81 bits per heavy atom. The highest BCUT2D eigenvalue weighted by Gasteiger charge is 2.51. The largest absolute Gasteiger partial charge is 0.355 e. The molecule has 144 valence electrons. The second-order valence-corrected chi connectivity index (χ2v) is 8.21. The van der Waals surface area contributed by atoms with Crippen LogP contribution >= 0.6 is 11.6 Å². The van der Waals surface area contributed by atoms with Crippen LogP contribution in [-0.4, -0.2) is 40.6 Å². The number of halogens is 1. The minimum Gasteiger partial charge on any atom is -0.355 e. The fourth-order valence-electron chi connectivity index (χ4n) is 4.00. The van der Waals surface area contributed by atoms with E-state index in [-0.39, 0.29) is 11.3 Å². The zero-order chi connectivity index (χ0) is 18.9. The number of aryl methyl sites for hydroxylation is 1. The number of hydrogen-bond donors (Lipinski definition) is 1. The maximum Gasteiger partial charge on any atom is 0.240 e. The van der Waals surface area contributed by atoms with E-state index in [0.29, 0.717) is 35.7 Å². The molecule has 1 N–H and O–H groups in total. The van der Waals surface area contributed by atoms with E-state index in [4.69, 9.17) is 16.1 Å². The summed E-state index contributed by atoms with van der Waals surface area (Å²) in [5.41, 5.74) is 0.724. The van der Waals surface area contributed by atoms with Crippen molar-refractivity contribution in [2.75, 3.05) is 19.6 Å². The number of carbonyl (C=O) groups is 1. The highest BCUT2D eigenvalue weighted by atomic mass is 35.5. The van der Waals surface area contributed by atoms with Gasteiger partial charge in [-0.15, -0.1) is 0 Å². The minimum absolute atomic E-state index is 0.148. The molecule has 2 aromatic rings. The van der Waals surface area contributed by atoms with Gasteiger partial charge in [0.1, 0.15) is 0 Å². The summed E-state index contributed by atoms with van der Waals surface area (Å²) in [4.78, 5) is 19.5. The molecule has 1 aromatic carbocycles. The van der Waals surface area contributed by atoms with E-state index in [2.05, 4.69) is 20.4 Å². The number of benzene rings is 1. The predicted octanol–water partition coefficient (Wildman–Crippen LogP) is 3.09. The van der Waals surface area contributed by atoms with Crippen LogP contribution in [0.5, 0.6) is 0 Å². The molecule has 0 radical (unpaired) electrons. The number of rotatable bonds is 6. The normalized spacial score (nSPS) is 21.8. The van der Waals surface area contributed by atoms with Crippen LogP contribution in [0.4, 0.5) is 0 Å². The Morgan fingerprint density at radius 2 is 2.15 bits per heavy atom. The van der Waals surface area contributed by atoms with Crippen LogP contribution in [0.1, 0.15) is 43.0 Å². The third-order valence-electron chi connectivity index (χ3n) is 5.66. The van der Waals surface area contributed by atoms with Crippen LogP contribution in [0, 0.1) is 12.8 Å². The molecule has 1 atom stereocenters. The first-order valence-electron chi connectivity index (χ1n) is 9.61. The smallest absolute Gasteiger partial charge is 0.240 e. The molecule has 0 bridgehead atoms. The van der Waals surface area contributed by atoms with Gasteiger partial charge in [-0.2, -0.15) is 4.98 Å². The molecule has 2 aliphatic rings. The number of hydrogen-bond acceptors (Lipinski definition) is 5. The number of amides is 1. The molecule has 2 heterocycles. The second-order valence-electron chi connectivity index (χ2n) is 7.78. The molecule has 1 aliphatic carbocycles. The van der Waals surface area contributed by atoms with E-state index in [0.717, 1.165) is 44.3 Å². The topological polar surface area (TPSA) is 71.3 Å². The van der Waals surface area contributed by atoms with Gasteiger partial charge in [0.25, 0.3) is 0 Å². The maximum atomic E-state index is 12.8. The number of piperidine rings is 1. The monoisotopic (exact) mass is 388 g/mol. The van der Waals surface area contributed by atoms with Crippen molar-refractivity contribution in [3.05, 3.63) is 46.6 Å². The van der Waals surface area contributed by atoms with E-state index in [1.165, 1.54) is 0 Å². The molecule has 1 aliphatic heterocycles. The highest BCUT2D eigenvalue weighted by Crippen LogP contribution is 2.48. The van der Waals surface area contributed by atoms with Gasteiger partial charge in [0.15, 0.2) is 5.82 Å². The first-order chi connectivity index (χ1) is 13.0. The van der Waals surface area contributed by atoms with Crippen LogP contribution in [0.15, 0.2) is 28.8 Å². The summed E-state index contributed by atoms with van der Waals surface area (Å²) in [6.07, 6.45) is 4.07. The van der Waals surface area contributed by atoms with Crippen molar-refractivity contribution in [1.82, 2.24) is 20.4 Å². The van der Waals surface area contributed by atoms with E-state index in [1.54, 1.807) is 0 Å². The zero-order valence-corrected chi connectivity index (χ0v) is 16.3. The lowest BCUT2D eigenvalue weighted by Crippen LogP contribution is -2.43. The average Bonchev–Trinajstić information content (AvgIpc) is 3.38. The molecule has 1 aromatic heterocycles. The van der Waals surface area contributed by atoms with Gasteiger partial charge in [-0.25, -0.2) is 0 Å². The number of carbonyl (C=O) groups excluding carboxylic acids is 1. The SMILES string of the molecule is Cc1noc(CN2CCCC(CNC(=O)C3(c4ccc(Cl)cc4)CC3)C2)n1. The van der Waals surface area contributed by atoms with Crippen LogP contribution < -0.4 is 5.32 Å². The summed E-state index contributed by atoms with van der Waals surface area (Å²) in [6.45, 7) is 5.19. The van der Waals surface area contributed by atoms with Gasteiger partial charge in [0, 0.05) is 18.1 Å². The molecule has 7 heteroatoms. The lowest BCUT2D eigenvalue weighted by molar-refractivity contribution is -0.123. The number of nitrogens with zero attached hydrogens (tertiary/aromatic N) is 3. The first kappa shape index (κ1) is 18.4. The summed E-state index contributed by atoms with van der Waals surface area (Å²) < 4.78 is 5.23. The van der Waals surface area contributed by atoms with Crippen molar-refractivity contribution in [3.8, 4) is 0 Å². The first-order valence-corrected chi connectivity index (χ1v) is 9.99. The van der Waals surface area contributed by atoms with Gasteiger partial charge >= 0.3 is 0 Å². The van der Waals surface area contributed by atoms with E-state index >= 15 is 0 Å². The minimum atomic E-state index is -0.347. The molecule has 4 rings (SSSR count). The van der Waals surface area contributed by atoms with Crippen molar-refractivity contribution >= 4 is 17.5 Å². The molecule has 1 amide bonds. The lowest BCUT2D eigenvalue weighted by atomic mass is 9.93. The molecule has 0 spiro atoms. The summed E-state index contributed by atoms with van der Waals surface area (Å²) in [5, 5.41) is 7.76. The molecular weight excluding hydrogens is 364 g/mol. The van der Waals surface area contributed by atoms with Crippen LogP contribution in [0.25, 0.3) is 0 Å². The molecule has 1 saturated heterocycles. The third-order valence-corrected chi connectivity index (χ3v) is 5.92. The fraction of sp³-hybridized carbons (Fsp3) is 0.550. The molecule has 1 unspecified atom stereocenters. The number of aromatic nitrogens is 2. The number of likely N-dealkylation sites (tertiary alicyclic amines) is 1. The van der Waals surface area contributed by atoms with Gasteiger partial charge < -0.3 is 9.84 Å². The molecule has 6 nitrogen and oxygen atoms in total. The molecule has 27 heavy (non-hydrogen) atoms. The Balaban J connectivity index is 1.30. The van der Waals surface area contributed by atoms with Crippen molar-refractivity contribution in [3.63, 3.8) is 0 Å². The van der Waals surface area contributed by atoms with Gasteiger partial charge in [-0.1, -0.05) is 28.9 Å². The molecule has 2 fully saturated rings. The van der Waals surface area contributed by atoms with Gasteiger partial charge in [-0.05, 0) is 62.8 Å². The molecule has 1 saturated carbocycles. The second kappa shape index (κ2) is 7.60. The quantitative estimate of drug-likeness (QED) is 0.823. The van der Waals surface area contributed by atoms with E-state index in [9.17, 15) is 4.79 Å². The van der Waals surface area contributed by atoms with Crippen molar-refractivity contribution in [2.45, 2.75) is 44.6 Å². The Morgan fingerprint density at radius 1 is 1.37 bits per heavy atom. The average molecular weight is 389 g/mol. The fourth-order valence-corrected chi connectivity index (χ4v) is 4.13. The Bertz CT molecular complexity index is 801. The van der Waals surface area contributed by atoms with Gasteiger partial charge in [-0.3, -0.25) is 9.69 Å². The summed E-state index contributed by atoms with van der Waals surface area (Å²) in [5.74, 6) is 1.93. The Kier molecular flexibility index (Phi) is 5.19. The standard InChI is InChI=1S/C20H25ClN4O2/c1-14-23-18(27-24-14)13-25-10-2-3-15(12-25)11-22-19(26)20(8-9-20)16-4-6-17(21)7-5-16/h4-7,15H,2-3,8-13H2,1H3,(H,22,26). The molecular formula is C20H25ClN4O2. The van der Waals surface area contributed by atoms with Gasteiger partial charge in [0.2, 0.25) is 11.8 Å². The highest BCUT2D eigenvalue weighted by molar-refractivity contribution is 6.30. The van der Waals surface area contributed by atoms with Crippen LogP contribution in [0.3, 0.4) is 0 Å². The Labute approximate surface area is 164 Å². The zero-order valence-electron chi connectivity index (χ0n) is 15.6. The predicted molar refractivity (Wildman–Crippen MR) is 102 cm³/mol. The van der Waals surface area contributed by atoms with Gasteiger partial charge in [0.05, 0.1) is 12.0 Å². The summed E-state index contributed by atoms with van der Waals surface area (Å²) >= 11 is 5.98. The summed E-state index contributed by atoms with van der Waals surface area (Å²) in [7, 11) is 0. The van der Waals surface area contributed by atoms with Crippen molar-refractivity contribution < 1.29 is 9.32 Å². The van der Waals surface area contributed by atoms with E-state index in [1.807, 2.05) is 31.2 Å². The van der Waals surface area contributed by atoms with E-state index < -0.39 is 0 Å².